The van der Waals surface area contributed by atoms with Crippen molar-refractivity contribution >= 4 is 35.2 Å². The molecule has 4 heteroatoms. The van der Waals surface area contributed by atoms with Gasteiger partial charge in [-0.15, -0.1) is 0 Å². The Kier molecular flexibility index (Phi) is 3.98. The van der Waals surface area contributed by atoms with Crippen molar-refractivity contribution in [3.8, 4) is 0 Å². The van der Waals surface area contributed by atoms with E-state index in [0.717, 1.165) is 5.56 Å². The number of benzene rings is 1. The molecule has 0 heterocycles. The van der Waals surface area contributed by atoms with Gasteiger partial charge in [-0.25, -0.2) is 0 Å². The highest BCUT2D eigenvalue weighted by atomic mass is 35.5. The topological polar surface area (TPSA) is 37.3 Å². The van der Waals surface area contributed by atoms with Crippen LogP contribution < -0.4 is 0 Å². The lowest BCUT2D eigenvalue weighted by atomic mass is 10.2. The first-order valence-electron chi connectivity index (χ1n) is 3.93. The van der Waals surface area contributed by atoms with Gasteiger partial charge in [0.15, 0.2) is 0 Å². The van der Waals surface area contributed by atoms with Crippen LogP contribution >= 0.6 is 23.2 Å². The second-order valence-corrected chi connectivity index (χ2v) is 3.43. The summed E-state index contributed by atoms with van der Waals surface area (Å²) in [5.41, 5.74) is 0.723. The number of hydrogen-bond acceptors (Lipinski definition) is 1. The van der Waals surface area contributed by atoms with Crippen LogP contribution in [0, 0.1) is 0 Å². The maximum atomic E-state index is 10.2. The van der Waals surface area contributed by atoms with Gasteiger partial charge in [-0.3, -0.25) is 4.79 Å². The van der Waals surface area contributed by atoms with Crippen LogP contribution in [0.4, 0.5) is 0 Å². The monoisotopic (exact) mass is 230 g/mol. The fraction of sp³-hybridized carbons (Fsp3) is 0.100. The molecule has 0 aliphatic carbocycles. The summed E-state index contributed by atoms with van der Waals surface area (Å²) in [6, 6.07) is 5.21. The number of halogens is 2. The largest absolute Gasteiger partial charge is 0.481 e. The molecule has 74 valence electrons. The zero-order valence-electron chi connectivity index (χ0n) is 7.21. The van der Waals surface area contributed by atoms with Crippen LogP contribution in [-0.4, -0.2) is 11.1 Å². The zero-order valence-corrected chi connectivity index (χ0v) is 8.72. The average molecular weight is 231 g/mol. The van der Waals surface area contributed by atoms with E-state index >= 15 is 0 Å². The second-order valence-electron chi connectivity index (χ2n) is 2.64. The summed E-state index contributed by atoms with van der Waals surface area (Å²) >= 11 is 11.7. The van der Waals surface area contributed by atoms with Crippen molar-refractivity contribution in [1.82, 2.24) is 0 Å². The molecule has 1 rings (SSSR count). The van der Waals surface area contributed by atoms with Crippen molar-refractivity contribution in [1.29, 1.82) is 0 Å². The molecule has 0 amide bonds. The van der Waals surface area contributed by atoms with Gasteiger partial charge in [0.05, 0.1) is 16.5 Å². The Morgan fingerprint density at radius 2 is 2.14 bits per heavy atom. The van der Waals surface area contributed by atoms with E-state index in [-0.39, 0.29) is 6.42 Å². The van der Waals surface area contributed by atoms with Crippen LogP contribution in [0.2, 0.25) is 10.0 Å². The molecule has 0 unspecified atom stereocenters. The molecule has 0 aliphatic heterocycles. The lowest BCUT2D eigenvalue weighted by molar-refractivity contribution is -0.135. The van der Waals surface area contributed by atoms with E-state index in [1.165, 1.54) is 6.08 Å². The van der Waals surface area contributed by atoms with E-state index < -0.39 is 5.97 Å². The van der Waals surface area contributed by atoms with Crippen LogP contribution in [0.5, 0.6) is 0 Å². The predicted molar refractivity (Wildman–Crippen MR) is 57.7 cm³/mol. The molecule has 0 saturated carbocycles. The predicted octanol–water partition coefficient (Wildman–Crippen LogP) is 3.48. The molecule has 1 aromatic rings. The molecular weight excluding hydrogens is 223 g/mol. The summed E-state index contributed by atoms with van der Waals surface area (Å²) in [6.45, 7) is 0. The maximum Gasteiger partial charge on any atom is 0.307 e. The maximum absolute atomic E-state index is 10.2. The summed E-state index contributed by atoms with van der Waals surface area (Å²) in [5.74, 6) is -0.876. The fourth-order valence-electron chi connectivity index (χ4n) is 0.936. The molecule has 0 fully saturated rings. The summed E-state index contributed by atoms with van der Waals surface area (Å²) in [6.07, 6.45) is 3.14. The molecule has 0 saturated heterocycles. The molecule has 0 spiro atoms. The highest BCUT2D eigenvalue weighted by Gasteiger charge is 2.00. The lowest BCUT2D eigenvalue weighted by Gasteiger charge is -1.99. The highest BCUT2D eigenvalue weighted by molar-refractivity contribution is 6.42. The van der Waals surface area contributed by atoms with Crippen molar-refractivity contribution in [2.24, 2.45) is 0 Å². The molecule has 2 nitrogen and oxygen atoms in total. The second kappa shape index (κ2) is 5.03. The minimum atomic E-state index is -0.876. The van der Waals surface area contributed by atoms with Crippen molar-refractivity contribution in [2.75, 3.05) is 0 Å². The number of hydrogen-bond donors (Lipinski definition) is 1. The van der Waals surface area contributed by atoms with Gasteiger partial charge in [-0.1, -0.05) is 47.5 Å². The summed E-state index contributed by atoms with van der Waals surface area (Å²) < 4.78 is 0. The summed E-state index contributed by atoms with van der Waals surface area (Å²) in [5, 5.41) is 9.31. The van der Waals surface area contributed by atoms with E-state index in [1.807, 2.05) is 0 Å². The van der Waals surface area contributed by atoms with E-state index in [2.05, 4.69) is 0 Å². The number of aliphatic carboxylic acids is 1. The summed E-state index contributed by atoms with van der Waals surface area (Å²) in [4.78, 5) is 10.2. The van der Waals surface area contributed by atoms with Crippen LogP contribution in [0.1, 0.15) is 12.0 Å². The lowest BCUT2D eigenvalue weighted by Crippen LogP contribution is -1.89. The van der Waals surface area contributed by atoms with Gasteiger partial charge in [-0.05, 0) is 11.6 Å². The molecular formula is C10H8Cl2O2. The van der Waals surface area contributed by atoms with Crippen molar-refractivity contribution < 1.29 is 9.90 Å². The number of carboxylic acids is 1. The molecule has 0 aliphatic rings. The first-order chi connectivity index (χ1) is 6.61. The van der Waals surface area contributed by atoms with Gasteiger partial charge in [0.1, 0.15) is 0 Å². The van der Waals surface area contributed by atoms with E-state index in [9.17, 15) is 4.79 Å². The Balaban J connectivity index is 2.81. The van der Waals surface area contributed by atoms with Crippen molar-refractivity contribution in [3.05, 3.63) is 39.9 Å². The van der Waals surface area contributed by atoms with Crippen molar-refractivity contribution in [2.45, 2.75) is 6.42 Å². The molecule has 0 aromatic heterocycles. The Labute approximate surface area is 91.8 Å². The third-order valence-corrected chi connectivity index (χ3v) is 2.40. The van der Waals surface area contributed by atoms with Gasteiger partial charge in [0.2, 0.25) is 0 Å². The first kappa shape index (κ1) is 11.1. The van der Waals surface area contributed by atoms with Crippen LogP contribution in [0.3, 0.4) is 0 Å². The van der Waals surface area contributed by atoms with E-state index in [0.29, 0.717) is 10.0 Å². The molecule has 14 heavy (non-hydrogen) atoms. The Morgan fingerprint density at radius 1 is 1.43 bits per heavy atom. The van der Waals surface area contributed by atoms with Gasteiger partial charge in [0, 0.05) is 0 Å². The highest BCUT2D eigenvalue weighted by Crippen LogP contribution is 2.26. The van der Waals surface area contributed by atoms with Crippen LogP contribution in [0.25, 0.3) is 6.08 Å². The Morgan fingerprint density at radius 3 is 2.79 bits per heavy atom. The third-order valence-electron chi connectivity index (χ3n) is 1.57. The van der Waals surface area contributed by atoms with Gasteiger partial charge in [0.25, 0.3) is 0 Å². The molecule has 0 bridgehead atoms. The van der Waals surface area contributed by atoms with Gasteiger partial charge < -0.3 is 5.11 Å². The average Bonchev–Trinajstić information content (AvgIpc) is 2.12. The molecule has 0 radical (unpaired) electrons. The summed E-state index contributed by atoms with van der Waals surface area (Å²) in [7, 11) is 0. The number of carbonyl (C=O) groups is 1. The normalized spacial score (nSPS) is 10.7. The molecule has 1 N–H and O–H groups in total. The quantitative estimate of drug-likeness (QED) is 0.864. The Bertz CT molecular complexity index is 372. The standard InChI is InChI=1S/C10H8Cl2O2/c11-8-5-1-3-7(10(8)12)4-2-6-9(13)14/h1-5H,6H2,(H,13,14). The minimum absolute atomic E-state index is 0.0250. The van der Waals surface area contributed by atoms with Crippen molar-refractivity contribution in [3.63, 3.8) is 0 Å². The smallest absolute Gasteiger partial charge is 0.307 e. The number of carboxylic acid groups (broad SMARTS) is 1. The molecule has 0 atom stereocenters. The van der Waals surface area contributed by atoms with Gasteiger partial charge in [-0.2, -0.15) is 0 Å². The van der Waals surface area contributed by atoms with Gasteiger partial charge >= 0.3 is 5.97 Å². The fourth-order valence-corrected chi connectivity index (χ4v) is 1.31. The van der Waals surface area contributed by atoms with E-state index in [4.69, 9.17) is 28.3 Å². The first-order valence-corrected chi connectivity index (χ1v) is 4.69. The zero-order chi connectivity index (χ0) is 10.6. The molecule has 1 aromatic carbocycles. The van der Waals surface area contributed by atoms with E-state index in [1.54, 1.807) is 24.3 Å². The van der Waals surface area contributed by atoms with Crippen LogP contribution in [0.15, 0.2) is 24.3 Å². The third kappa shape index (κ3) is 3.05. The SMILES string of the molecule is O=C(O)CC=Cc1cccc(Cl)c1Cl. The minimum Gasteiger partial charge on any atom is -0.481 e. The van der Waals surface area contributed by atoms with Crippen LogP contribution in [-0.2, 0) is 4.79 Å². The Hall–Kier alpha value is -0.990. The number of rotatable bonds is 3.